The van der Waals surface area contributed by atoms with E-state index < -0.39 is 11.8 Å². The summed E-state index contributed by atoms with van der Waals surface area (Å²) in [4.78, 5) is 11.1. The Bertz CT molecular complexity index is 993. The first-order valence-corrected chi connectivity index (χ1v) is 7.26. The van der Waals surface area contributed by atoms with E-state index in [9.17, 15) is 14.3 Å². The second-order valence-electron chi connectivity index (χ2n) is 4.76. The number of aromatic carboxylic acids is 1. The van der Waals surface area contributed by atoms with Crippen molar-refractivity contribution in [3.05, 3.63) is 70.2 Å². The van der Waals surface area contributed by atoms with E-state index in [-0.39, 0.29) is 21.7 Å². The third-order valence-electron chi connectivity index (χ3n) is 3.26. The van der Waals surface area contributed by atoms with Crippen LogP contribution in [0.2, 0.25) is 0 Å². The molecule has 2 aromatic carbocycles. The van der Waals surface area contributed by atoms with Crippen molar-refractivity contribution in [2.75, 3.05) is 0 Å². The highest BCUT2D eigenvalue weighted by Crippen LogP contribution is 2.20. The number of nitrogens with zero attached hydrogens (tertiary/aromatic N) is 3. The number of carboxylic acid groups (broad SMARTS) is 1. The number of carbonyl (C=O) groups excluding carboxylic acids is 1. The monoisotopic (exact) mass is 341 g/mol. The van der Waals surface area contributed by atoms with Crippen LogP contribution >= 0.6 is 12.2 Å². The maximum atomic E-state index is 14.0. The van der Waals surface area contributed by atoms with Crippen LogP contribution in [0.1, 0.15) is 15.9 Å². The Balaban J connectivity index is 2.07. The topological polar surface area (TPSA) is 86.1 Å². The summed E-state index contributed by atoms with van der Waals surface area (Å²) in [5.74, 6) is -1.61. The van der Waals surface area contributed by atoms with Crippen LogP contribution in [0.4, 0.5) is 4.39 Å². The van der Waals surface area contributed by atoms with E-state index in [1.165, 1.54) is 23.0 Å². The molecule has 0 bridgehead atoms. The molecule has 0 amide bonds. The molecule has 24 heavy (non-hydrogen) atoms. The average Bonchev–Trinajstić information content (AvgIpc) is 2.94. The van der Waals surface area contributed by atoms with Gasteiger partial charge in [0.05, 0.1) is 17.7 Å². The van der Waals surface area contributed by atoms with Gasteiger partial charge in [0.25, 0.3) is 0 Å². The number of aromatic nitrogens is 3. The molecule has 3 rings (SSSR count). The quantitative estimate of drug-likeness (QED) is 0.581. The van der Waals surface area contributed by atoms with Crippen LogP contribution in [0, 0.1) is 10.6 Å². The zero-order chi connectivity index (χ0) is 17.1. The van der Waals surface area contributed by atoms with Gasteiger partial charge < -0.3 is 9.90 Å². The molecular weight excluding hydrogens is 331 g/mol. The molecule has 3 aromatic rings. The number of aromatic amines is 1. The maximum absolute atomic E-state index is 14.0. The van der Waals surface area contributed by atoms with Gasteiger partial charge in [-0.2, -0.15) is 14.9 Å². The molecule has 0 radical (unpaired) electrons. The molecule has 0 saturated heterocycles. The Kier molecular flexibility index (Phi) is 4.30. The first-order valence-electron chi connectivity index (χ1n) is 6.85. The van der Waals surface area contributed by atoms with E-state index in [0.29, 0.717) is 5.56 Å². The smallest absolute Gasteiger partial charge is 0.216 e. The third-order valence-corrected chi connectivity index (χ3v) is 3.52. The summed E-state index contributed by atoms with van der Waals surface area (Å²) in [6.45, 7) is 0. The lowest BCUT2D eigenvalue weighted by molar-refractivity contribution is -0.255. The number of carboxylic acids is 1. The molecule has 120 valence electrons. The molecule has 0 spiro atoms. The number of nitrogens with one attached hydrogen (secondary N) is 1. The van der Waals surface area contributed by atoms with Gasteiger partial charge in [-0.1, -0.05) is 36.4 Å². The van der Waals surface area contributed by atoms with Gasteiger partial charge in [-0.25, -0.2) is 9.49 Å². The molecule has 0 unspecified atom stereocenters. The van der Waals surface area contributed by atoms with Crippen molar-refractivity contribution in [3.63, 3.8) is 0 Å². The van der Waals surface area contributed by atoms with Gasteiger partial charge in [0.1, 0.15) is 5.82 Å². The SMILES string of the molecule is O=C([O-])c1ccccc1/C=N\n1c(-c2ccccc2F)n[nH]c1=S. The van der Waals surface area contributed by atoms with Crippen molar-refractivity contribution < 1.29 is 14.3 Å². The van der Waals surface area contributed by atoms with Gasteiger partial charge in [0.2, 0.25) is 4.77 Å². The van der Waals surface area contributed by atoms with Crippen LogP contribution in [0.15, 0.2) is 53.6 Å². The summed E-state index contributed by atoms with van der Waals surface area (Å²) in [6.07, 6.45) is 1.31. The van der Waals surface area contributed by atoms with E-state index in [0.717, 1.165) is 0 Å². The summed E-state index contributed by atoms with van der Waals surface area (Å²) < 4.78 is 15.3. The molecule has 0 saturated carbocycles. The molecule has 0 fully saturated rings. The van der Waals surface area contributed by atoms with E-state index >= 15 is 0 Å². The van der Waals surface area contributed by atoms with Crippen molar-refractivity contribution in [3.8, 4) is 11.4 Å². The van der Waals surface area contributed by atoms with E-state index in [1.54, 1.807) is 36.4 Å². The van der Waals surface area contributed by atoms with E-state index in [1.807, 2.05) is 0 Å². The van der Waals surface area contributed by atoms with Gasteiger partial charge in [-0.15, -0.1) is 0 Å². The Hall–Kier alpha value is -3.13. The summed E-state index contributed by atoms with van der Waals surface area (Å²) >= 11 is 5.10. The van der Waals surface area contributed by atoms with Crippen molar-refractivity contribution in [1.82, 2.24) is 14.9 Å². The Morgan fingerprint density at radius 3 is 2.71 bits per heavy atom. The minimum absolute atomic E-state index is 0.0105. The molecule has 1 heterocycles. The normalized spacial score (nSPS) is 11.0. The van der Waals surface area contributed by atoms with Crippen LogP contribution < -0.4 is 5.11 Å². The number of benzene rings is 2. The fraction of sp³-hybridized carbons (Fsp3) is 0. The Morgan fingerprint density at radius 1 is 1.25 bits per heavy atom. The average molecular weight is 341 g/mol. The number of carbonyl (C=O) groups is 1. The minimum Gasteiger partial charge on any atom is -0.545 e. The van der Waals surface area contributed by atoms with E-state index in [4.69, 9.17) is 12.2 Å². The first-order chi connectivity index (χ1) is 11.6. The second-order valence-corrected chi connectivity index (χ2v) is 5.15. The van der Waals surface area contributed by atoms with Crippen molar-refractivity contribution in [1.29, 1.82) is 0 Å². The standard InChI is InChI=1S/C16H11FN4O2S/c17-13-8-4-3-7-12(13)14-19-20-16(24)21(14)18-9-10-5-1-2-6-11(10)15(22)23/h1-9H,(H,20,24)(H,22,23)/p-1/b18-9-. The Morgan fingerprint density at radius 2 is 1.96 bits per heavy atom. The lowest BCUT2D eigenvalue weighted by atomic mass is 10.1. The highest BCUT2D eigenvalue weighted by atomic mass is 32.1. The molecule has 6 nitrogen and oxygen atoms in total. The van der Waals surface area contributed by atoms with Gasteiger partial charge >= 0.3 is 0 Å². The molecule has 0 aliphatic rings. The number of hydrogen-bond acceptors (Lipinski definition) is 5. The molecule has 0 aliphatic heterocycles. The van der Waals surface area contributed by atoms with Gasteiger partial charge in [0, 0.05) is 11.1 Å². The highest BCUT2D eigenvalue weighted by Gasteiger charge is 2.12. The number of rotatable bonds is 4. The van der Waals surface area contributed by atoms with Crippen molar-refractivity contribution in [2.24, 2.45) is 5.10 Å². The Labute approximate surface area is 140 Å². The highest BCUT2D eigenvalue weighted by molar-refractivity contribution is 7.71. The van der Waals surface area contributed by atoms with Crippen LogP contribution in [-0.4, -0.2) is 27.1 Å². The summed E-state index contributed by atoms with van der Waals surface area (Å²) in [5, 5.41) is 21.8. The lowest BCUT2D eigenvalue weighted by Crippen LogP contribution is -2.23. The van der Waals surface area contributed by atoms with Crippen LogP contribution in [0.5, 0.6) is 0 Å². The van der Waals surface area contributed by atoms with Gasteiger partial charge in [-0.3, -0.25) is 0 Å². The lowest BCUT2D eigenvalue weighted by Gasteiger charge is -2.06. The number of H-pyrrole nitrogens is 1. The fourth-order valence-corrected chi connectivity index (χ4v) is 2.31. The zero-order valence-corrected chi connectivity index (χ0v) is 13.0. The minimum atomic E-state index is -1.32. The molecule has 0 atom stereocenters. The van der Waals surface area contributed by atoms with Gasteiger partial charge in [0.15, 0.2) is 5.82 Å². The summed E-state index contributed by atoms with van der Waals surface area (Å²) in [5.41, 5.74) is 0.541. The maximum Gasteiger partial charge on any atom is 0.216 e. The van der Waals surface area contributed by atoms with E-state index in [2.05, 4.69) is 15.3 Å². The fourth-order valence-electron chi connectivity index (χ4n) is 2.13. The van der Waals surface area contributed by atoms with Crippen molar-refractivity contribution in [2.45, 2.75) is 0 Å². The number of halogens is 1. The summed E-state index contributed by atoms with van der Waals surface area (Å²) in [6, 6.07) is 12.3. The van der Waals surface area contributed by atoms with Crippen LogP contribution in [-0.2, 0) is 0 Å². The molecule has 0 aliphatic carbocycles. The summed E-state index contributed by atoms with van der Waals surface area (Å²) in [7, 11) is 0. The molecule has 1 aromatic heterocycles. The molecule has 8 heteroatoms. The second kappa shape index (κ2) is 6.55. The third kappa shape index (κ3) is 2.99. The zero-order valence-electron chi connectivity index (χ0n) is 12.1. The largest absolute Gasteiger partial charge is 0.545 e. The molecule has 1 N–H and O–H groups in total. The van der Waals surface area contributed by atoms with Crippen molar-refractivity contribution >= 4 is 24.4 Å². The molecular formula is C16H10FN4O2S-. The van der Waals surface area contributed by atoms with Gasteiger partial charge in [-0.05, 0) is 24.4 Å². The first kappa shape index (κ1) is 15.8. The predicted octanol–water partition coefficient (Wildman–Crippen LogP) is 1.99. The number of hydrogen-bond donors (Lipinski definition) is 1. The van der Waals surface area contributed by atoms with Crippen LogP contribution in [0.25, 0.3) is 11.4 Å². The predicted molar refractivity (Wildman–Crippen MR) is 86.6 cm³/mol. The van der Waals surface area contributed by atoms with Crippen LogP contribution in [0.3, 0.4) is 0 Å².